The van der Waals surface area contributed by atoms with Crippen LogP contribution in [0.5, 0.6) is 5.75 Å². The van der Waals surface area contributed by atoms with Crippen molar-refractivity contribution in [3.8, 4) is 11.4 Å². The lowest BCUT2D eigenvalue weighted by atomic mass is 10.0. The number of ether oxygens (including phenoxy) is 1. The summed E-state index contributed by atoms with van der Waals surface area (Å²) in [5.41, 5.74) is 2.20. The van der Waals surface area contributed by atoms with E-state index in [0.717, 1.165) is 30.1 Å². The number of amides is 1. The number of benzene rings is 2. The minimum Gasteiger partial charge on any atom is -0.497 e. The third kappa shape index (κ3) is 5.00. The SMILES string of the molecule is CCN(CC)C(CNC(=O)c1cnn(-c2ccccc2)n1)c1cccc(OC)c1. The van der Waals surface area contributed by atoms with Gasteiger partial charge in [0.15, 0.2) is 5.69 Å². The first-order chi connectivity index (χ1) is 14.2. The summed E-state index contributed by atoms with van der Waals surface area (Å²) in [5, 5.41) is 11.5. The molecule has 0 saturated carbocycles. The number of methoxy groups -OCH3 is 1. The van der Waals surface area contributed by atoms with Crippen molar-refractivity contribution in [2.45, 2.75) is 19.9 Å². The summed E-state index contributed by atoms with van der Waals surface area (Å²) < 4.78 is 5.36. The number of hydrogen-bond acceptors (Lipinski definition) is 5. The van der Waals surface area contributed by atoms with E-state index in [9.17, 15) is 4.79 Å². The molecule has 1 N–H and O–H groups in total. The molecule has 0 saturated heterocycles. The highest BCUT2D eigenvalue weighted by Gasteiger charge is 2.20. The topological polar surface area (TPSA) is 72.3 Å². The van der Waals surface area contributed by atoms with Crippen molar-refractivity contribution in [3.05, 3.63) is 72.1 Å². The monoisotopic (exact) mass is 393 g/mol. The molecule has 1 atom stereocenters. The molecule has 7 heteroatoms. The van der Waals surface area contributed by atoms with E-state index >= 15 is 0 Å². The molecule has 152 valence electrons. The Morgan fingerprint density at radius 1 is 1.14 bits per heavy atom. The molecule has 3 aromatic rings. The van der Waals surface area contributed by atoms with Gasteiger partial charge in [-0.15, -0.1) is 5.10 Å². The lowest BCUT2D eigenvalue weighted by molar-refractivity contribution is 0.0929. The first-order valence-corrected chi connectivity index (χ1v) is 9.80. The number of aromatic nitrogens is 3. The molecular formula is C22H27N5O2. The number of carbonyl (C=O) groups is 1. The first kappa shape index (κ1) is 20.5. The van der Waals surface area contributed by atoms with Crippen molar-refractivity contribution in [2.24, 2.45) is 0 Å². The van der Waals surface area contributed by atoms with Crippen molar-refractivity contribution in [3.63, 3.8) is 0 Å². The van der Waals surface area contributed by atoms with Crippen molar-refractivity contribution >= 4 is 5.91 Å². The molecule has 3 rings (SSSR count). The molecule has 0 fully saturated rings. The fourth-order valence-corrected chi connectivity index (χ4v) is 3.30. The number of carbonyl (C=O) groups excluding carboxylic acids is 1. The molecule has 29 heavy (non-hydrogen) atoms. The van der Waals surface area contributed by atoms with Crippen LogP contribution in [0.4, 0.5) is 0 Å². The molecule has 2 aromatic carbocycles. The second kappa shape index (κ2) is 9.84. The van der Waals surface area contributed by atoms with E-state index < -0.39 is 0 Å². The van der Waals surface area contributed by atoms with E-state index in [2.05, 4.69) is 40.3 Å². The molecule has 0 aliphatic heterocycles. The van der Waals surface area contributed by atoms with Crippen LogP contribution in [0.1, 0.15) is 35.9 Å². The Morgan fingerprint density at radius 3 is 2.59 bits per heavy atom. The molecule has 0 spiro atoms. The largest absolute Gasteiger partial charge is 0.497 e. The standard InChI is InChI=1S/C22H27N5O2/c1-4-26(5-2)21(17-10-9-13-19(14-17)29-3)16-23-22(28)20-15-24-27(25-20)18-11-7-6-8-12-18/h6-15,21H,4-5,16H2,1-3H3,(H,23,28). The maximum Gasteiger partial charge on any atom is 0.273 e. The quantitative estimate of drug-likeness (QED) is 0.605. The van der Waals surface area contributed by atoms with E-state index in [1.165, 1.54) is 11.0 Å². The minimum absolute atomic E-state index is 0.0354. The van der Waals surface area contributed by atoms with Crippen LogP contribution in [0.25, 0.3) is 5.69 Å². The van der Waals surface area contributed by atoms with Gasteiger partial charge >= 0.3 is 0 Å². The minimum atomic E-state index is -0.243. The fourth-order valence-electron chi connectivity index (χ4n) is 3.30. The van der Waals surface area contributed by atoms with Crippen LogP contribution in [0, 0.1) is 0 Å². The van der Waals surface area contributed by atoms with Crippen molar-refractivity contribution < 1.29 is 9.53 Å². The van der Waals surface area contributed by atoms with E-state index in [1.807, 2.05) is 48.5 Å². The number of para-hydroxylation sites is 1. The Balaban J connectivity index is 1.73. The van der Waals surface area contributed by atoms with Crippen LogP contribution in [-0.4, -0.2) is 52.5 Å². The van der Waals surface area contributed by atoms with E-state index in [4.69, 9.17) is 4.74 Å². The molecule has 0 aliphatic carbocycles. The van der Waals surface area contributed by atoms with Gasteiger partial charge in [-0.05, 0) is 42.9 Å². The predicted octanol–water partition coefficient (Wildman–Crippen LogP) is 3.09. The Labute approximate surface area is 171 Å². The molecular weight excluding hydrogens is 366 g/mol. The highest BCUT2D eigenvalue weighted by molar-refractivity contribution is 5.91. The average Bonchev–Trinajstić information content (AvgIpc) is 3.27. The fraction of sp³-hybridized carbons (Fsp3) is 0.318. The zero-order valence-corrected chi connectivity index (χ0v) is 17.1. The third-order valence-corrected chi connectivity index (χ3v) is 4.90. The zero-order chi connectivity index (χ0) is 20.6. The van der Waals surface area contributed by atoms with Crippen molar-refractivity contribution in [1.82, 2.24) is 25.2 Å². The summed E-state index contributed by atoms with van der Waals surface area (Å²) in [4.78, 5) is 16.4. The maximum absolute atomic E-state index is 12.7. The lowest BCUT2D eigenvalue weighted by Crippen LogP contribution is -2.38. The van der Waals surface area contributed by atoms with Crippen LogP contribution in [0.2, 0.25) is 0 Å². The van der Waals surface area contributed by atoms with Gasteiger partial charge < -0.3 is 10.1 Å². The third-order valence-electron chi connectivity index (χ3n) is 4.90. The van der Waals surface area contributed by atoms with E-state index in [-0.39, 0.29) is 17.6 Å². The Bertz CT molecular complexity index is 922. The molecule has 0 aliphatic rings. The van der Waals surface area contributed by atoms with Gasteiger partial charge in [-0.2, -0.15) is 9.90 Å². The summed E-state index contributed by atoms with van der Waals surface area (Å²) in [5.74, 6) is 0.559. The van der Waals surface area contributed by atoms with Gasteiger partial charge in [0.25, 0.3) is 5.91 Å². The number of rotatable bonds is 9. The van der Waals surface area contributed by atoms with E-state index in [0.29, 0.717) is 6.54 Å². The smallest absolute Gasteiger partial charge is 0.273 e. The summed E-state index contributed by atoms with van der Waals surface area (Å²) in [6, 6.07) is 17.5. The summed E-state index contributed by atoms with van der Waals surface area (Å²) in [7, 11) is 1.66. The van der Waals surface area contributed by atoms with Crippen molar-refractivity contribution in [1.29, 1.82) is 0 Å². The molecule has 1 amide bonds. The second-order valence-electron chi connectivity index (χ2n) is 6.58. The average molecular weight is 393 g/mol. The van der Waals surface area contributed by atoms with Crippen LogP contribution < -0.4 is 10.1 Å². The van der Waals surface area contributed by atoms with Crippen LogP contribution in [-0.2, 0) is 0 Å². The summed E-state index contributed by atoms with van der Waals surface area (Å²) >= 11 is 0. The molecule has 0 radical (unpaired) electrons. The Morgan fingerprint density at radius 2 is 1.90 bits per heavy atom. The number of nitrogens with zero attached hydrogens (tertiary/aromatic N) is 4. The molecule has 1 aromatic heterocycles. The summed E-state index contributed by atoms with van der Waals surface area (Å²) in [6.45, 7) is 6.44. The number of nitrogens with one attached hydrogen (secondary N) is 1. The molecule has 7 nitrogen and oxygen atoms in total. The highest BCUT2D eigenvalue weighted by Crippen LogP contribution is 2.24. The van der Waals surface area contributed by atoms with Gasteiger partial charge in [0, 0.05) is 6.54 Å². The van der Waals surface area contributed by atoms with Crippen LogP contribution in [0.15, 0.2) is 60.8 Å². The highest BCUT2D eigenvalue weighted by atomic mass is 16.5. The van der Waals surface area contributed by atoms with Crippen molar-refractivity contribution in [2.75, 3.05) is 26.7 Å². The van der Waals surface area contributed by atoms with Crippen LogP contribution >= 0.6 is 0 Å². The van der Waals surface area contributed by atoms with Gasteiger partial charge in [0.1, 0.15) is 5.75 Å². The maximum atomic E-state index is 12.7. The number of hydrogen-bond donors (Lipinski definition) is 1. The molecule has 1 heterocycles. The lowest BCUT2D eigenvalue weighted by Gasteiger charge is -2.30. The van der Waals surface area contributed by atoms with Gasteiger partial charge in [-0.25, -0.2) is 0 Å². The second-order valence-corrected chi connectivity index (χ2v) is 6.58. The summed E-state index contributed by atoms with van der Waals surface area (Å²) in [6.07, 6.45) is 1.49. The van der Waals surface area contributed by atoms with Crippen LogP contribution in [0.3, 0.4) is 0 Å². The van der Waals surface area contributed by atoms with Gasteiger partial charge in [0.2, 0.25) is 0 Å². The van der Waals surface area contributed by atoms with E-state index in [1.54, 1.807) is 7.11 Å². The van der Waals surface area contributed by atoms with Gasteiger partial charge in [-0.1, -0.05) is 44.2 Å². The van der Waals surface area contributed by atoms with Gasteiger partial charge in [-0.3, -0.25) is 9.69 Å². The molecule has 0 bridgehead atoms. The zero-order valence-electron chi connectivity index (χ0n) is 17.1. The first-order valence-electron chi connectivity index (χ1n) is 9.80. The Hall–Kier alpha value is -3.19. The normalized spacial score (nSPS) is 12.0. The number of likely N-dealkylation sites (N-methyl/N-ethyl adjacent to an activating group) is 1. The Kier molecular flexibility index (Phi) is 6.97. The predicted molar refractivity (Wildman–Crippen MR) is 112 cm³/mol. The van der Waals surface area contributed by atoms with Gasteiger partial charge in [0.05, 0.1) is 25.0 Å². The molecule has 1 unspecified atom stereocenters.